The zero-order chi connectivity index (χ0) is 11.0. The molecule has 0 aromatic carbocycles. The summed E-state index contributed by atoms with van der Waals surface area (Å²) in [7, 11) is 0. The molecule has 0 bridgehead atoms. The van der Waals surface area contributed by atoms with Crippen LogP contribution in [0.1, 0.15) is 20.8 Å². The highest BCUT2D eigenvalue weighted by Gasteiger charge is 2.26. The number of carbonyl (C=O) groups excluding carboxylic acids is 1. The van der Waals surface area contributed by atoms with Crippen molar-refractivity contribution in [2.45, 2.75) is 33.1 Å². The standard InChI is InChI=1S/C9H19NO4.ClH/c1-4-12-8(11)7(10)9(13-5-2)14-6-3;/h7,9H,4-6,10H2,1-3H3;1H. The fourth-order valence-electron chi connectivity index (χ4n) is 0.934. The minimum absolute atomic E-state index is 0. The lowest BCUT2D eigenvalue weighted by Gasteiger charge is -2.21. The molecule has 0 aliphatic carbocycles. The molecule has 15 heavy (non-hydrogen) atoms. The zero-order valence-corrected chi connectivity index (χ0v) is 10.2. The van der Waals surface area contributed by atoms with Crippen LogP contribution in [0.3, 0.4) is 0 Å². The van der Waals surface area contributed by atoms with Gasteiger partial charge in [0, 0.05) is 13.2 Å². The van der Waals surface area contributed by atoms with Gasteiger partial charge < -0.3 is 19.9 Å². The lowest BCUT2D eigenvalue weighted by atomic mass is 10.3. The Kier molecular flexibility index (Phi) is 11.6. The Balaban J connectivity index is 0. The van der Waals surface area contributed by atoms with Crippen LogP contribution in [0.25, 0.3) is 0 Å². The summed E-state index contributed by atoms with van der Waals surface area (Å²) in [6.07, 6.45) is -0.718. The largest absolute Gasteiger partial charge is 0.465 e. The maximum absolute atomic E-state index is 11.2. The van der Waals surface area contributed by atoms with Crippen molar-refractivity contribution in [2.75, 3.05) is 19.8 Å². The minimum atomic E-state index is -0.880. The van der Waals surface area contributed by atoms with Crippen LogP contribution in [-0.2, 0) is 19.0 Å². The van der Waals surface area contributed by atoms with Crippen LogP contribution < -0.4 is 5.73 Å². The molecule has 0 aromatic rings. The maximum atomic E-state index is 11.2. The average Bonchev–Trinajstić information content (AvgIpc) is 2.17. The molecule has 5 nitrogen and oxygen atoms in total. The van der Waals surface area contributed by atoms with Crippen LogP contribution >= 0.6 is 12.4 Å². The van der Waals surface area contributed by atoms with Gasteiger partial charge in [-0.25, -0.2) is 0 Å². The molecule has 0 rings (SSSR count). The van der Waals surface area contributed by atoms with Crippen molar-refractivity contribution in [1.82, 2.24) is 0 Å². The number of carbonyl (C=O) groups is 1. The summed E-state index contributed by atoms with van der Waals surface area (Å²) in [6, 6.07) is -0.880. The summed E-state index contributed by atoms with van der Waals surface area (Å²) in [6.45, 7) is 6.53. The summed E-state index contributed by atoms with van der Waals surface area (Å²) in [4.78, 5) is 11.2. The molecule has 0 aromatic heterocycles. The van der Waals surface area contributed by atoms with E-state index in [1.54, 1.807) is 6.92 Å². The van der Waals surface area contributed by atoms with Gasteiger partial charge in [-0.3, -0.25) is 4.79 Å². The molecular formula is C9H20ClNO4. The molecule has 0 heterocycles. The van der Waals surface area contributed by atoms with Gasteiger partial charge in [-0.2, -0.15) is 0 Å². The normalized spacial score (nSPS) is 12.1. The highest BCUT2D eigenvalue weighted by Crippen LogP contribution is 2.02. The van der Waals surface area contributed by atoms with Gasteiger partial charge in [0.05, 0.1) is 6.61 Å². The van der Waals surface area contributed by atoms with Crippen LogP contribution in [0.5, 0.6) is 0 Å². The lowest BCUT2D eigenvalue weighted by molar-refractivity contribution is -0.174. The van der Waals surface area contributed by atoms with Crippen LogP contribution in [0, 0.1) is 0 Å². The van der Waals surface area contributed by atoms with E-state index in [0.29, 0.717) is 19.8 Å². The van der Waals surface area contributed by atoms with Crippen molar-refractivity contribution in [3.05, 3.63) is 0 Å². The Hall–Kier alpha value is -0.360. The van der Waals surface area contributed by atoms with Crippen molar-refractivity contribution >= 4 is 18.4 Å². The Morgan fingerprint density at radius 1 is 1.13 bits per heavy atom. The summed E-state index contributed by atoms with van der Waals surface area (Å²) < 4.78 is 15.1. The molecule has 0 radical (unpaired) electrons. The average molecular weight is 242 g/mol. The van der Waals surface area contributed by atoms with E-state index >= 15 is 0 Å². The van der Waals surface area contributed by atoms with Gasteiger partial charge in [-0.05, 0) is 20.8 Å². The van der Waals surface area contributed by atoms with Crippen LogP contribution in [0.2, 0.25) is 0 Å². The lowest BCUT2D eigenvalue weighted by Crippen LogP contribution is -2.46. The number of hydrogen-bond acceptors (Lipinski definition) is 5. The number of esters is 1. The highest BCUT2D eigenvalue weighted by molar-refractivity contribution is 5.85. The highest BCUT2D eigenvalue weighted by atomic mass is 35.5. The second-order valence-electron chi connectivity index (χ2n) is 2.56. The SMILES string of the molecule is CCOC(=O)C(N)C(OCC)OCC.Cl. The van der Waals surface area contributed by atoms with Gasteiger partial charge in [0.15, 0.2) is 12.3 Å². The third-order valence-electron chi connectivity index (χ3n) is 1.51. The first kappa shape index (κ1) is 17.0. The third kappa shape index (κ3) is 6.67. The molecular weight excluding hydrogens is 222 g/mol. The first-order valence-electron chi connectivity index (χ1n) is 4.82. The molecule has 92 valence electrons. The number of ether oxygens (including phenoxy) is 3. The first-order valence-corrected chi connectivity index (χ1v) is 4.82. The molecule has 0 saturated heterocycles. The number of halogens is 1. The molecule has 1 atom stereocenters. The zero-order valence-electron chi connectivity index (χ0n) is 9.39. The van der Waals surface area contributed by atoms with E-state index in [0.717, 1.165) is 0 Å². The predicted octanol–water partition coefficient (Wildman–Crippen LogP) is 0.698. The summed E-state index contributed by atoms with van der Waals surface area (Å²) in [5.74, 6) is -0.501. The Morgan fingerprint density at radius 3 is 1.93 bits per heavy atom. The van der Waals surface area contributed by atoms with E-state index in [4.69, 9.17) is 19.9 Å². The molecule has 0 saturated carbocycles. The van der Waals surface area contributed by atoms with Crippen molar-refractivity contribution in [3.63, 3.8) is 0 Å². The second-order valence-corrected chi connectivity index (χ2v) is 2.56. The number of hydrogen-bond donors (Lipinski definition) is 1. The van der Waals surface area contributed by atoms with Gasteiger partial charge in [-0.1, -0.05) is 0 Å². The van der Waals surface area contributed by atoms with Crippen molar-refractivity contribution in [1.29, 1.82) is 0 Å². The van der Waals surface area contributed by atoms with Gasteiger partial charge in [-0.15, -0.1) is 12.4 Å². The molecule has 0 fully saturated rings. The molecule has 2 N–H and O–H groups in total. The van der Waals surface area contributed by atoms with E-state index in [1.165, 1.54) is 0 Å². The third-order valence-corrected chi connectivity index (χ3v) is 1.51. The smallest absolute Gasteiger partial charge is 0.328 e. The Morgan fingerprint density at radius 2 is 1.60 bits per heavy atom. The summed E-state index contributed by atoms with van der Waals surface area (Å²) in [5, 5.41) is 0. The van der Waals surface area contributed by atoms with E-state index in [1.807, 2.05) is 13.8 Å². The molecule has 6 heteroatoms. The first-order chi connectivity index (χ1) is 6.67. The molecule has 0 aliphatic heterocycles. The maximum Gasteiger partial charge on any atom is 0.328 e. The van der Waals surface area contributed by atoms with Crippen molar-refractivity contribution in [2.24, 2.45) is 5.73 Å². The van der Waals surface area contributed by atoms with E-state index in [9.17, 15) is 4.79 Å². The van der Waals surface area contributed by atoms with Gasteiger partial charge in [0.25, 0.3) is 0 Å². The van der Waals surface area contributed by atoms with Gasteiger partial charge in [0.1, 0.15) is 0 Å². The minimum Gasteiger partial charge on any atom is -0.465 e. The van der Waals surface area contributed by atoms with E-state index in [2.05, 4.69) is 0 Å². The Bertz CT molecular complexity index is 162. The fraction of sp³-hybridized carbons (Fsp3) is 0.889. The van der Waals surface area contributed by atoms with Crippen LogP contribution in [-0.4, -0.2) is 38.1 Å². The van der Waals surface area contributed by atoms with E-state index in [-0.39, 0.29) is 12.4 Å². The molecule has 0 aliphatic rings. The number of nitrogens with two attached hydrogens (primary N) is 1. The quantitative estimate of drug-likeness (QED) is 0.525. The molecule has 0 amide bonds. The van der Waals surface area contributed by atoms with Crippen molar-refractivity contribution < 1.29 is 19.0 Å². The van der Waals surface area contributed by atoms with Crippen LogP contribution in [0.4, 0.5) is 0 Å². The molecule has 1 unspecified atom stereocenters. The predicted molar refractivity (Wildman–Crippen MR) is 58.9 cm³/mol. The van der Waals surface area contributed by atoms with E-state index < -0.39 is 18.3 Å². The van der Waals surface area contributed by atoms with Crippen LogP contribution in [0.15, 0.2) is 0 Å². The topological polar surface area (TPSA) is 70.8 Å². The monoisotopic (exact) mass is 241 g/mol. The molecule has 0 spiro atoms. The van der Waals surface area contributed by atoms with Gasteiger partial charge in [0.2, 0.25) is 0 Å². The Labute approximate surface area is 96.7 Å². The summed E-state index contributed by atoms with van der Waals surface area (Å²) in [5.41, 5.74) is 5.60. The number of rotatable bonds is 7. The fourth-order valence-corrected chi connectivity index (χ4v) is 0.934. The summed E-state index contributed by atoms with van der Waals surface area (Å²) >= 11 is 0. The van der Waals surface area contributed by atoms with Gasteiger partial charge >= 0.3 is 5.97 Å². The second kappa shape index (κ2) is 10.2. The van der Waals surface area contributed by atoms with Crippen molar-refractivity contribution in [3.8, 4) is 0 Å².